The highest BCUT2D eigenvalue weighted by molar-refractivity contribution is 6.30. The van der Waals surface area contributed by atoms with E-state index in [-0.39, 0.29) is 12.0 Å². The van der Waals surface area contributed by atoms with E-state index < -0.39 is 6.09 Å². The van der Waals surface area contributed by atoms with Crippen molar-refractivity contribution in [3.63, 3.8) is 0 Å². The number of nitrogens with zero attached hydrogens (tertiary/aromatic N) is 5. The summed E-state index contributed by atoms with van der Waals surface area (Å²) in [6, 6.07) is 7.18. The molecule has 9 heteroatoms. The second-order valence-corrected chi connectivity index (χ2v) is 6.13. The normalized spacial score (nSPS) is 11.0. The third-order valence-corrected chi connectivity index (χ3v) is 3.87. The zero-order valence-corrected chi connectivity index (χ0v) is 14.5. The number of rotatable bonds is 5. The van der Waals surface area contributed by atoms with Crippen LogP contribution in [0.25, 0.3) is 5.65 Å². The molecule has 0 saturated carbocycles. The van der Waals surface area contributed by atoms with Gasteiger partial charge < -0.3 is 10.4 Å². The first-order valence-corrected chi connectivity index (χ1v) is 8.05. The largest absolute Gasteiger partial charge is 0.465 e. The molecule has 25 heavy (non-hydrogen) atoms. The lowest BCUT2D eigenvalue weighted by Crippen LogP contribution is -2.37. The minimum absolute atomic E-state index is 0.231. The number of carboxylic acid groups (broad SMARTS) is 1. The van der Waals surface area contributed by atoms with Crippen LogP contribution >= 0.6 is 11.6 Å². The molecule has 1 aromatic carbocycles. The van der Waals surface area contributed by atoms with Crippen molar-refractivity contribution in [1.29, 1.82) is 0 Å². The summed E-state index contributed by atoms with van der Waals surface area (Å²) in [7, 11) is 0. The van der Waals surface area contributed by atoms with Crippen LogP contribution in [0.1, 0.15) is 19.4 Å². The first kappa shape index (κ1) is 17.0. The molecular formula is C16H17ClN6O2. The highest BCUT2D eigenvalue weighted by Gasteiger charge is 2.24. The molecule has 0 saturated heterocycles. The minimum atomic E-state index is -1.09. The van der Waals surface area contributed by atoms with Gasteiger partial charge in [-0.1, -0.05) is 23.7 Å². The number of hydrogen-bond acceptors (Lipinski definition) is 5. The second-order valence-electron chi connectivity index (χ2n) is 5.70. The Labute approximate surface area is 149 Å². The van der Waals surface area contributed by atoms with Crippen molar-refractivity contribution in [3.05, 3.63) is 47.2 Å². The van der Waals surface area contributed by atoms with Gasteiger partial charge in [0, 0.05) is 30.0 Å². The molecule has 2 aromatic heterocycles. The van der Waals surface area contributed by atoms with Gasteiger partial charge in [-0.05, 0) is 31.5 Å². The number of hydrogen-bond donors (Lipinski definition) is 2. The quantitative estimate of drug-likeness (QED) is 0.724. The number of amides is 1. The Morgan fingerprint density at radius 3 is 2.68 bits per heavy atom. The molecule has 0 fully saturated rings. The van der Waals surface area contributed by atoms with Gasteiger partial charge in [-0.3, -0.25) is 4.40 Å². The Balaban J connectivity index is 1.90. The molecule has 0 atom stereocenters. The van der Waals surface area contributed by atoms with Crippen molar-refractivity contribution in [2.24, 2.45) is 0 Å². The van der Waals surface area contributed by atoms with Crippen LogP contribution < -0.4 is 10.2 Å². The Morgan fingerprint density at radius 1 is 1.32 bits per heavy atom. The van der Waals surface area contributed by atoms with Gasteiger partial charge in [0.15, 0.2) is 5.82 Å². The predicted octanol–water partition coefficient (Wildman–Crippen LogP) is 3.28. The summed E-state index contributed by atoms with van der Waals surface area (Å²) in [5.41, 5.74) is 1.49. The highest BCUT2D eigenvalue weighted by atomic mass is 35.5. The van der Waals surface area contributed by atoms with Gasteiger partial charge in [0.2, 0.25) is 11.6 Å². The van der Waals surface area contributed by atoms with Gasteiger partial charge in [-0.15, -0.1) is 10.2 Å². The van der Waals surface area contributed by atoms with Crippen LogP contribution in [0.15, 0.2) is 36.7 Å². The summed E-state index contributed by atoms with van der Waals surface area (Å²) in [6.45, 7) is 4.07. The molecule has 8 nitrogen and oxygen atoms in total. The molecule has 0 aliphatic rings. The molecule has 0 spiro atoms. The van der Waals surface area contributed by atoms with Crippen LogP contribution in [-0.2, 0) is 6.54 Å². The first-order chi connectivity index (χ1) is 12.0. The fourth-order valence-electron chi connectivity index (χ4n) is 2.43. The average molecular weight is 361 g/mol. The molecule has 0 bridgehead atoms. The van der Waals surface area contributed by atoms with Crippen molar-refractivity contribution in [2.45, 2.75) is 26.4 Å². The predicted molar refractivity (Wildman–Crippen MR) is 95.2 cm³/mol. The number of carbonyl (C=O) groups is 1. The molecular weight excluding hydrogens is 344 g/mol. The number of halogens is 1. The minimum Gasteiger partial charge on any atom is -0.465 e. The van der Waals surface area contributed by atoms with Crippen molar-refractivity contribution in [3.8, 4) is 0 Å². The van der Waals surface area contributed by atoms with Crippen molar-refractivity contribution in [2.75, 3.05) is 10.2 Å². The molecule has 3 aromatic rings. The number of anilines is 2. The highest BCUT2D eigenvalue weighted by Crippen LogP contribution is 2.20. The molecule has 2 N–H and O–H groups in total. The standard InChI is InChI=1S/C16H17ClN6O2/c1-10(2)23(16(24)25)15-21-20-14-13(18-7-8-22(14)15)19-9-11-3-5-12(17)6-4-11/h3-8,10H,9H2,1-2H3,(H,18,19)(H,24,25). The van der Waals surface area contributed by atoms with Crippen LogP contribution in [0, 0.1) is 0 Å². The van der Waals surface area contributed by atoms with Crippen molar-refractivity contribution in [1.82, 2.24) is 19.6 Å². The number of fused-ring (bicyclic) bond motifs is 1. The Morgan fingerprint density at radius 2 is 2.04 bits per heavy atom. The Hall–Kier alpha value is -2.87. The van der Waals surface area contributed by atoms with Gasteiger partial charge in [-0.25, -0.2) is 14.7 Å². The SMILES string of the molecule is CC(C)N(C(=O)O)c1nnc2c(NCc3ccc(Cl)cc3)nccn12. The monoisotopic (exact) mass is 360 g/mol. The Bertz CT molecular complexity index is 893. The maximum atomic E-state index is 11.5. The summed E-state index contributed by atoms with van der Waals surface area (Å²) in [5, 5.41) is 21.4. The average Bonchev–Trinajstić information content (AvgIpc) is 2.98. The lowest BCUT2D eigenvalue weighted by atomic mass is 10.2. The lowest BCUT2D eigenvalue weighted by Gasteiger charge is -2.20. The molecule has 2 heterocycles. The fourth-order valence-corrected chi connectivity index (χ4v) is 2.55. The molecule has 0 aliphatic heterocycles. The van der Waals surface area contributed by atoms with Gasteiger partial charge in [0.1, 0.15) is 0 Å². The summed E-state index contributed by atoms with van der Waals surface area (Å²) < 4.78 is 1.60. The van der Waals surface area contributed by atoms with Crippen LogP contribution in [-0.4, -0.2) is 36.8 Å². The third kappa shape index (κ3) is 3.48. The lowest BCUT2D eigenvalue weighted by molar-refractivity contribution is 0.199. The number of aromatic nitrogens is 4. The topological polar surface area (TPSA) is 95.7 Å². The van der Waals surface area contributed by atoms with Crippen LogP contribution in [0.5, 0.6) is 0 Å². The molecule has 0 unspecified atom stereocenters. The van der Waals surface area contributed by atoms with Crippen molar-refractivity contribution < 1.29 is 9.90 Å². The van der Waals surface area contributed by atoms with E-state index in [0.29, 0.717) is 23.0 Å². The van der Waals surface area contributed by atoms with E-state index in [9.17, 15) is 9.90 Å². The zero-order chi connectivity index (χ0) is 18.0. The zero-order valence-electron chi connectivity index (χ0n) is 13.7. The van der Waals surface area contributed by atoms with Gasteiger partial charge in [0.05, 0.1) is 0 Å². The van der Waals surface area contributed by atoms with Gasteiger partial charge in [0.25, 0.3) is 0 Å². The van der Waals surface area contributed by atoms with E-state index >= 15 is 0 Å². The Kier molecular flexibility index (Phi) is 4.71. The van der Waals surface area contributed by atoms with E-state index in [1.54, 1.807) is 30.6 Å². The summed E-state index contributed by atoms with van der Waals surface area (Å²) in [6.07, 6.45) is 2.12. The van der Waals surface area contributed by atoms with E-state index in [4.69, 9.17) is 11.6 Å². The van der Waals surface area contributed by atoms with E-state index in [1.165, 1.54) is 0 Å². The molecule has 0 radical (unpaired) electrons. The smallest absolute Gasteiger partial charge is 0.414 e. The van der Waals surface area contributed by atoms with Gasteiger partial charge in [-0.2, -0.15) is 0 Å². The van der Waals surface area contributed by atoms with Crippen molar-refractivity contribution >= 4 is 35.1 Å². The van der Waals surface area contributed by atoms with Gasteiger partial charge >= 0.3 is 6.09 Å². The fraction of sp³-hybridized carbons (Fsp3) is 0.250. The van der Waals surface area contributed by atoms with E-state index in [1.807, 2.05) is 24.3 Å². The van der Waals surface area contributed by atoms with Crippen LogP contribution in [0.4, 0.5) is 16.6 Å². The summed E-state index contributed by atoms with van der Waals surface area (Å²) in [5.74, 6) is 0.750. The summed E-state index contributed by atoms with van der Waals surface area (Å²) >= 11 is 5.88. The van der Waals surface area contributed by atoms with E-state index in [0.717, 1.165) is 10.5 Å². The number of benzene rings is 1. The molecule has 130 valence electrons. The molecule has 0 aliphatic carbocycles. The first-order valence-electron chi connectivity index (χ1n) is 7.67. The maximum absolute atomic E-state index is 11.5. The molecule has 3 rings (SSSR count). The van der Waals surface area contributed by atoms with Crippen LogP contribution in [0.2, 0.25) is 5.02 Å². The molecule has 1 amide bonds. The second kappa shape index (κ2) is 6.94. The third-order valence-electron chi connectivity index (χ3n) is 3.62. The van der Waals surface area contributed by atoms with E-state index in [2.05, 4.69) is 20.5 Å². The number of nitrogens with one attached hydrogen (secondary N) is 1. The summed E-state index contributed by atoms with van der Waals surface area (Å²) in [4.78, 5) is 16.9. The van der Waals surface area contributed by atoms with Crippen LogP contribution in [0.3, 0.4) is 0 Å². The maximum Gasteiger partial charge on any atom is 0.414 e.